The Bertz CT molecular complexity index is 1050. The lowest BCUT2D eigenvalue weighted by molar-refractivity contribution is 0.617. The third-order valence-electron chi connectivity index (χ3n) is 4.06. The van der Waals surface area contributed by atoms with Gasteiger partial charge in [-0.1, -0.05) is 60.3 Å². The van der Waals surface area contributed by atoms with E-state index in [1.807, 2.05) is 34.9 Å². The minimum Gasteiger partial charge on any atom is -0.270 e. The summed E-state index contributed by atoms with van der Waals surface area (Å²) in [5.41, 5.74) is 2.24. The zero-order valence-corrected chi connectivity index (χ0v) is 15.0. The molecule has 0 amide bonds. The summed E-state index contributed by atoms with van der Waals surface area (Å²) in [6.07, 6.45) is 0. The van der Waals surface area contributed by atoms with Crippen molar-refractivity contribution >= 4 is 11.8 Å². The summed E-state index contributed by atoms with van der Waals surface area (Å²) in [7, 11) is 0. The fraction of sp³-hybridized carbons (Fsp3) is 0.0476. The molecule has 0 N–H and O–H groups in total. The number of hydrogen-bond acceptors (Lipinski definition) is 3. The van der Waals surface area contributed by atoms with Crippen molar-refractivity contribution in [3.8, 4) is 17.1 Å². The monoisotopic (exact) mass is 379 g/mol. The van der Waals surface area contributed by atoms with E-state index in [4.69, 9.17) is 0 Å². The van der Waals surface area contributed by atoms with E-state index >= 15 is 0 Å². The van der Waals surface area contributed by atoms with Crippen LogP contribution in [0.4, 0.5) is 8.78 Å². The summed E-state index contributed by atoms with van der Waals surface area (Å²) in [5.74, 6) is 0.508. The SMILES string of the molecule is Fc1ccc(-n2c(SCc3ccccc3F)nnc2-c2ccccc2)cc1. The first kappa shape index (κ1) is 17.4. The van der Waals surface area contributed by atoms with Gasteiger partial charge in [0.15, 0.2) is 11.0 Å². The molecule has 0 radical (unpaired) electrons. The first-order valence-corrected chi connectivity index (χ1v) is 9.34. The Morgan fingerprint density at radius 2 is 1.48 bits per heavy atom. The Labute approximate surface area is 159 Å². The highest BCUT2D eigenvalue weighted by Gasteiger charge is 2.16. The van der Waals surface area contributed by atoms with Crippen LogP contribution in [-0.4, -0.2) is 14.8 Å². The summed E-state index contributed by atoms with van der Waals surface area (Å²) in [4.78, 5) is 0. The Hall–Kier alpha value is -2.99. The molecule has 0 aliphatic heterocycles. The van der Waals surface area contributed by atoms with Crippen molar-refractivity contribution in [2.75, 3.05) is 0 Å². The lowest BCUT2D eigenvalue weighted by Crippen LogP contribution is -2.00. The molecule has 0 saturated carbocycles. The maximum absolute atomic E-state index is 13.9. The van der Waals surface area contributed by atoms with Crippen LogP contribution in [0.15, 0.2) is 84.0 Å². The highest BCUT2D eigenvalue weighted by atomic mass is 32.2. The molecule has 6 heteroatoms. The van der Waals surface area contributed by atoms with Crippen molar-refractivity contribution in [3.63, 3.8) is 0 Å². The van der Waals surface area contributed by atoms with Crippen LogP contribution in [0.3, 0.4) is 0 Å². The maximum Gasteiger partial charge on any atom is 0.196 e. The molecule has 0 spiro atoms. The fourth-order valence-corrected chi connectivity index (χ4v) is 3.66. The van der Waals surface area contributed by atoms with Gasteiger partial charge in [0.05, 0.1) is 0 Å². The van der Waals surface area contributed by atoms with E-state index in [0.29, 0.717) is 22.3 Å². The smallest absolute Gasteiger partial charge is 0.196 e. The Morgan fingerprint density at radius 1 is 0.778 bits per heavy atom. The highest BCUT2D eigenvalue weighted by Crippen LogP contribution is 2.30. The van der Waals surface area contributed by atoms with E-state index in [1.54, 1.807) is 30.3 Å². The number of halogens is 2. The predicted octanol–water partition coefficient (Wildman–Crippen LogP) is 5.50. The minimum atomic E-state index is -0.311. The molecule has 0 bridgehead atoms. The van der Waals surface area contributed by atoms with Gasteiger partial charge in [0.25, 0.3) is 0 Å². The van der Waals surface area contributed by atoms with Crippen LogP contribution < -0.4 is 0 Å². The largest absolute Gasteiger partial charge is 0.270 e. The zero-order chi connectivity index (χ0) is 18.6. The molecule has 4 aromatic rings. The molecule has 0 unspecified atom stereocenters. The normalized spacial score (nSPS) is 10.9. The fourth-order valence-electron chi connectivity index (χ4n) is 2.72. The molecular weight excluding hydrogens is 364 g/mol. The molecule has 27 heavy (non-hydrogen) atoms. The van der Waals surface area contributed by atoms with Crippen LogP contribution in [-0.2, 0) is 5.75 Å². The standard InChI is InChI=1S/C21H15F2N3S/c22-17-10-12-18(13-11-17)26-20(15-6-2-1-3-7-15)24-25-21(26)27-14-16-8-4-5-9-19(16)23/h1-13H,14H2. The first-order chi connectivity index (χ1) is 13.2. The van der Waals surface area contributed by atoms with E-state index in [9.17, 15) is 8.78 Å². The van der Waals surface area contributed by atoms with Gasteiger partial charge in [-0.3, -0.25) is 4.57 Å². The second-order valence-electron chi connectivity index (χ2n) is 5.86. The molecule has 0 aliphatic carbocycles. The first-order valence-electron chi connectivity index (χ1n) is 8.35. The van der Waals surface area contributed by atoms with E-state index in [0.717, 1.165) is 11.3 Å². The van der Waals surface area contributed by atoms with Gasteiger partial charge in [-0.25, -0.2) is 8.78 Å². The van der Waals surface area contributed by atoms with E-state index in [-0.39, 0.29) is 11.6 Å². The van der Waals surface area contributed by atoms with Crippen LogP contribution in [0.1, 0.15) is 5.56 Å². The Morgan fingerprint density at radius 3 is 2.22 bits per heavy atom. The molecule has 134 valence electrons. The maximum atomic E-state index is 13.9. The van der Waals surface area contributed by atoms with Gasteiger partial charge in [0.2, 0.25) is 0 Å². The van der Waals surface area contributed by atoms with Gasteiger partial charge in [0.1, 0.15) is 11.6 Å². The molecule has 4 rings (SSSR count). The van der Waals surface area contributed by atoms with Crippen molar-refractivity contribution in [1.29, 1.82) is 0 Å². The second-order valence-corrected chi connectivity index (χ2v) is 6.81. The highest BCUT2D eigenvalue weighted by molar-refractivity contribution is 7.98. The predicted molar refractivity (Wildman–Crippen MR) is 103 cm³/mol. The molecule has 0 atom stereocenters. The number of benzene rings is 3. The van der Waals surface area contributed by atoms with E-state index in [2.05, 4.69) is 10.2 Å². The zero-order valence-electron chi connectivity index (χ0n) is 14.2. The van der Waals surface area contributed by atoms with Crippen LogP contribution in [0, 0.1) is 11.6 Å². The topological polar surface area (TPSA) is 30.7 Å². The molecule has 0 aliphatic rings. The lowest BCUT2D eigenvalue weighted by Gasteiger charge is -2.10. The minimum absolute atomic E-state index is 0.249. The van der Waals surface area contributed by atoms with Gasteiger partial charge < -0.3 is 0 Å². The lowest BCUT2D eigenvalue weighted by atomic mass is 10.2. The number of aromatic nitrogens is 3. The molecular formula is C21H15F2N3S. The average molecular weight is 379 g/mol. The average Bonchev–Trinajstić information content (AvgIpc) is 3.12. The molecule has 0 fully saturated rings. The number of rotatable bonds is 5. The summed E-state index contributed by atoms with van der Waals surface area (Å²) in [6.45, 7) is 0. The van der Waals surface area contributed by atoms with E-state index in [1.165, 1.54) is 30.0 Å². The second kappa shape index (κ2) is 7.72. The number of nitrogens with zero attached hydrogens (tertiary/aromatic N) is 3. The molecule has 1 aromatic heterocycles. The van der Waals surface area contributed by atoms with Crippen molar-refractivity contribution < 1.29 is 8.78 Å². The molecule has 0 saturated heterocycles. The van der Waals surface area contributed by atoms with E-state index < -0.39 is 0 Å². The van der Waals surface area contributed by atoms with Crippen LogP contribution in [0.2, 0.25) is 0 Å². The van der Waals surface area contributed by atoms with Crippen molar-refractivity contribution in [3.05, 3.63) is 96.1 Å². The summed E-state index contributed by atoms with van der Waals surface area (Å²) in [6, 6.07) is 22.5. The van der Waals surface area contributed by atoms with Crippen molar-refractivity contribution in [2.24, 2.45) is 0 Å². The molecule has 1 heterocycles. The van der Waals surface area contributed by atoms with Crippen molar-refractivity contribution in [2.45, 2.75) is 10.9 Å². The van der Waals surface area contributed by atoms with Gasteiger partial charge in [0, 0.05) is 17.0 Å². The van der Waals surface area contributed by atoms with Gasteiger partial charge >= 0.3 is 0 Å². The third-order valence-corrected chi connectivity index (χ3v) is 5.04. The Kier molecular flexibility index (Phi) is 4.98. The summed E-state index contributed by atoms with van der Waals surface area (Å²) >= 11 is 1.38. The van der Waals surface area contributed by atoms with Crippen LogP contribution in [0.5, 0.6) is 0 Å². The van der Waals surface area contributed by atoms with Crippen LogP contribution >= 0.6 is 11.8 Å². The molecule has 3 aromatic carbocycles. The van der Waals surface area contributed by atoms with Crippen molar-refractivity contribution in [1.82, 2.24) is 14.8 Å². The van der Waals surface area contributed by atoms with Gasteiger partial charge in [-0.15, -0.1) is 10.2 Å². The number of hydrogen-bond donors (Lipinski definition) is 0. The summed E-state index contributed by atoms with van der Waals surface area (Å²) in [5, 5.41) is 9.23. The quantitative estimate of drug-likeness (QED) is 0.429. The van der Waals surface area contributed by atoms with Crippen LogP contribution in [0.25, 0.3) is 17.1 Å². The van der Waals surface area contributed by atoms with Gasteiger partial charge in [-0.2, -0.15) is 0 Å². The molecule has 3 nitrogen and oxygen atoms in total. The number of thioether (sulfide) groups is 1. The Balaban J connectivity index is 1.74. The third kappa shape index (κ3) is 3.75. The summed E-state index contributed by atoms with van der Waals surface area (Å²) < 4.78 is 29.2. The van der Waals surface area contributed by atoms with Gasteiger partial charge in [-0.05, 0) is 35.9 Å².